The van der Waals surface area contributed by atoms with Crippen LogP contribution in [0.5, 0.6) is 5.75 Å². The largest absolute Gasteiger partial charge is 0.484 e. The van der Waals surface area contributed by atoms with Crippen molar-refractivity contribution in [2.45, 2.75) is 32.7 Å². The average Bonchev–Trinajstić information content (AvgIpc) is 3.19. The van der Waals surface area contributed by atoms with Gasteiger partial charge in [0.15, 0.2) is 6.61 Å². The molecule has 1 unspecified atom stereocenters. The quantitative estimate of drug-likeness (QED) is 0.817. The maximum absolute atomic E-state index is 11.7. The van der Waals surface area contributed by atoms with E-state index in [0.29, 0.717) is 12.5 Å². The number of hydrogen-bond donors (Lipinski definition) is 2. The molecule has 19 heavy (non-hydrogen) atoms. The smallest absolute Gasteiger partial charge is 0.257 e. The molecule has 2 rings (SSSR count). The lowest BCUT2D eigenvalue weighted by atomic mass is 10.1. The van der Waals surface area contributed by atoms with Crippen molar-refractivity contribution in [1.82, 2.24) is 5.32 Å². The van der Waals surface area contributed by atoms with Crippen LogP contribution in [0.2, 0.25) is 0 Å². The van der Waals surface area contributed by atoms with Gasteiger partial charge in [0, 0.05) is 12.6 Å². The molecule has 0 saturated heterocycles. The number of benzene rings is 1. The van der Waals surface area contributed by atoms with Gasteiger partial charge < -0.3 is 15.8 Å². The highest BCUT2D eigenvalue weighted by Gasteiger charge is 2.28. The molecule has 0 bridgehead atoms. The molecular formula is C15H22N2O2. The monoisotopic (exact) mass is 262 g/mol. The highest BCUT2D eigenvalue weighted by atomic mass is 16.5. The molecule has 4 nitrogen and oxygen atoms in total. The first kappa shape index (κ1) is 13.9. The molecule has 1 aromatic carbocycles. The van der Waals surface area contributed by atoms with Crippen molar-refractivity contribution in [3.8, 4) is 5.75 Å². The van der Waals surface area contributed by atoms with Crippen molar-refractivity contribution in [3.63, 3.8) is 0 Å². The topological polar surface area (TPSA) is 64.3 Å². The van der Waals surface area contributed by atoms with Gasteiger partial charge in [0.05, 0.1) is 0 Å². The number of carbonyl (C=O) groups excluding carboxylic acids is 1. The Morgan fingerprint density at radius 3 is 2.84 bits per heavy atom. The normalized spacial score (nSPS) is 15.9. The van der Waals surface area contributed by atoms with Gasteiger partial charge in [0.2, 0.25) is 0 Å². The van der Waals surface area contributed by atoms with E-state index in [4.69, 9.17) is 10.5 Å². The number of hydrogen-bond acceptors (Lipinski definition) is 3. The lowest BCUT2D eigenvalue weighted by Crippen LogP contribution is -2.40. The number of carbonyl (C=O) groups is 1. The van der Waals surface area contributed by atoms with Crippen LogP contribution in [0.3, 0.4) is 0 Å². The first-order valence-corrected chi connectivity index (χ1v) is 6.78. The third-order valence-corrected chi connectivity index (χ3v) is 3.45. The summed E-state index contributed by atoms with van der Waals surface area (Å²) in [6.07, 6.45) is 2.38. The van der Waals surface area contributed by atoms with E-state index in [9.17, 15) is 4.79 Å². The predicted octanol–water partition coefficient (Wildman–Crippen LogP) is 1.54. The molecule has 4 heteroatoms. The van der Waals surface area contributed by atoms with E-state index in [1.54, 1.807) is 0 Å². The zero-order chi connectivity index (χ0) is 13.8. The summed E-state index contributed by atoms with van der Waals surface area (Å²) in [4.78, 5) is 11.7. The summed E-state index contributed by atoms with van der Waals surface area (Å²) in [5, 5.41) is 2.82. The van der Waals surface area contributed by atoms with Crippen molar-refractivity contribution < 1.29 is 9.53 Å². The Bertz CT molecular complexity index is 455. The summed E-state index contributed by atoms with van der Waals surface area (Å²) in [7, 11) is 0. The lowest BCUT2D eigenvalue weighted by Gasteiger charge is -2.13. The first-order chi connectivity index (χ1) is 9.06. The van der Waals surface area contributed by atoms with Crippen LogP contribution in [0.25, 0.3) is 0 Å². The van der Waals surface area contributed by atoms with E-state index < -0.39 is 0 Å². The molecule has 1 fully saturated rings. The van der Waals surface area contributed by atoms with E-state index in [2.05, 4.69) is 5.32 Å². The Labute approximate surface area is 114 Å². The summed E-state index contributed by atoms with van der Waals surface area (Å²) >= 11 is 0. The molecule has 0 heterocycles. The maximum atomic E-state index is 11.7. The van der Waals surface area contributed by atoms with Gasteiger partial charge in [0.1, 0.15) is 5.75 Å². The van der Waals surface area contributed by atoms with Gasteiger partial charge in [0.25, 0.3) is 5.91 Å². The van der Waals surface area contributed by atoms with Gasteiger partial charge in [-0.25, -0.2) is 0 Å². The van der Waals surface area contributed by atoms with Crippen LogP contribution in [-0.2, 0) is 4.79 Å². The summed E-state index contributed by atoms with van der Waals surface area (Å²) in [6.45, 7) is 4.59. The van der Waals surface area contributed by atoms with E-state index in [0.717, 1.165) is 11.3 Å². The molecule has 0 spiro atoms. The molecule has 1 aliphatic rings. The second-order valence-corrected chi connectivity index (χ2v) is 5.36. The van der Waals surface area contributed by atoms with Crippen LogP contribution < -0.4 is 15.8 Å². The minimum atomic E-state index is -0.115. The van der Waals surface area contributed by atoms with Crippen molar-refractivity contribution in [2.75, 3.05) is 13.2 Å². The summed E-state index contributed by atoms with van der Waals surface area (Å²) in [5.74, 6) is 1.24. The number of amides is 1. The Kier molecular flexibility index (Phi) is 4.43. The molecule has 1 atom stereocenters. The first-order valence-electron chi connectivity index (χ1n) is 6.78. The minimum absolute atomic E-state index is 0.0429. The van der Waals surface area contributed by atoms with Crippen molar-refractivity contribution in [1.29, 1.82) is 0 Å². The Morgan fingerprint density at radius 2 is 2.21 bits per heavy atom. The standard InChI is InChI=1S/C15H22N2O2/c1-10-3-6-14(11(2)7-10)19-9-15(18)17-8-13(16)12-4-5-12/h3,6-7,12-13H,4-5,8-9,16H2,1-2H3,(H,17,18). The molecule has 1 amide bonds. The third-order valence-electron chi connectivity index (χ3n) is 3.45. The van der Waals surface area contributed by atoms with E-state index in [1.165, 1.54) is 18.4 Å². The second-order valence-electron chi connectivity index (χ2n) is 5.36. The number of nitrogens with two attached hydrogens (primary N) is 1. The Morgan fingerprint density at radius 1 is 1.47 bits per heavy atom. The molecule has 3 N–H and O–H groups in total. The second kappa shape index (κ2) is 6.06. The van der Waals surface area contributed by atoms with Gasteiger partial charge in [-0.2, -0.15) is 0 Å². The predicted molar refractivity (Wildman–Crippen MR) is 75.1 cm³/mol. The highest BCUT2D eigenvalue weighted by Crippen LogP contribution is 2.31. The van der Waals surface area contributed by atoms with E-state index in [1.807, 2.05) is 32.0 Å². The number of aryl methyl sites for hydroxylation is 2. The van der Waals surface area contributed by atoms with Gasteiger partial charge in [-0.05, 0) is 44.2 Å². The molecule has 0 radical (unpaired) electrons. The van der Waals surface area contributed by atoms with Crippen LogP contribution in [0.15, 0.2) is 18.2 Å². The van der Waals surface area contributed by atoms with Gasteiger partial charge in [-0.3, -0.25) is 4.79 Å². The fraction of sp³-hybridized carbons (Fsp3) is 0.533. The van der Waals surface area contributed by atoms with Gasteiger partial charge in [-0.15, -0.1) is 0 Å². The van der Waals surface area contributed by atoms with Crippen molar-refractivity contribution in [3.05, 3.63) is 29.3 Å². The fourth-order valence-corrected chi connectivity index (χ4v) is 2.08. The number of ether oxygens (including phenoxy) is 1. The Balaban J connectivity index is 1.73. The number of rotatable bonds is 6. The fourth-order valence-electron chi connectivity index (χ4n) is 2.08. The van der Waals surface area contributed by atoms with E-state index >= 15 is 0 Å². The van der Waals surface area contributed by atoms with Crippen molar-refractivity contribution >= 4 is 5.91 Å². The third kappa shape index (κ3) is 4.24. The van der Waals surface area contributed by atoms with Crippen LogP contribution in [-0.4, -0.2) is 25.1 Å². The lowest BCUT2D eigenvalue weighted by molar-refractivity contribution is -0.123. The molecule has 0 aromatic heterocycles. The zero-order valence-electron chi connectivity index (χ0n) is 11.6. The van der Waals surface area contributed by atoms with E-state index in [-0.39, 0.29) is 18.6 Å². The average molecular weight is 262 g/mol. The molecule has 104 valence electrons. The summed E-state index contributed by atoms with van der Waals surface area (Å²) < 4.78 is 5.51. The van der Waals surface area contributed by atoms with Crippen LogP contribution in [0.1, 0.15) is 24.0 Å². The highest BCUT2D eigenvalue weighted by molar-refractivity contribution is 5.77. The van der Waals surface area contributed by atoms with Crippen LogP contribution in [0.4, 0.5) is 0 Å². The zero-order valence-corrected chi connectivity index (χ0v) is 11.6. The molecule has 1 saturated carbocycles. The molecule has 0 aliphatic heterocycles. The molecular weight excluding hydrogens is 240 g/mol. The van der Waals surface area contributed by atoms with Crippen LogP contribution >= 0.6 is 0 Å². The minimum Gasteiger partial charge on any atom is -0.484 e. The molecule has 1 aliphatic carbocycles. The Hall–Kier alpha value is -1.55. The summed E-state index contributed by atoms with van der Waals surface area (Å²) in [5.41, 5.74) is 8.15. The molecule has 1 aromatic rings. The SMILES string of the molecule is Cc1ccc(OCC(=O)NCC(N)C2CC2)c(C)c1. The van der Waals surface area contributed by atoms with Gasteiger partial charge >= 0.3 is 0 Å². The van der Waals surface area contributed by atoms with Crippen molar-refractivity contribution in [2.24, 2.45) is 11.7 Å². The number of nitrogens with one attached hydrogen (secondary N) is 1. The summed E-state index contributed by atoms with van der Waals surface area (Å²) in [6, 6.07) is 6.00. The van der Waals surface area contributed by atoms with Gasteiger partial charge in [-0.1, -0.05) is 17.7 Å². The maximum Gasteiger partial charge on any atom is 0.257 e. The van der Waals surface area contributed by atoms with Crippen LogP contribution in [0, 0.1) is 19.8 Å².